The van der Waals surface area contributed by atoms with Crippen LogP contribution in [0.4, 0.5) is 0 Å². The first kappa shape index (κ1) is 14.0. The SMILES string of the molecule is CN(C(=O)C12CC3CC(CC(C3)C1)C2)C1CCCCC1O. The molecule has 5 aliphatic carbocycles. The van der Waals surface area contributed by atoms with Crippen molar-refractivity contribution < 1.29 is 9.90 Å². The van der Waals surface area contributed by atoms with Gasteiger partial charge in [0.15, 0.2) is 0 Å². The Labute approximate surface area is 128 Å². The maximum atomic E-state index is 13.3. The molecule has 5 rings (SSSR count). The predicted molar refractivity (Wildman–Crippen MR) is 81.6 cm³/mol. The third kappa shape index (κ3) is 2.23. The first-order valence-corrected chi connectivity index (χ1v) is 9.03. The van der Waals surface area contributed by atoms with Crippen molar-refractivity contribution in [2.75, 3.05) is 7.05 Å². The number of hydrogen-bond acceptors (Lipinski definition) is 2. The summed E-state index contributed by atoms with van der Waals surface area (Å²) in [7, 11) is 1.96. The number of nitrogens with zero attached hydrogens (tertiary/aromatic N) is 1. The molecule has 0 aromatic carbocycles. The van der Waals surface area contributed by atoms with Crippen LogP contribution in [0, 0.1) is 23.2 Å². The van der Waals surface area contributed by atoms with Gasteiger partial charge in [0.05, 0.1) is 17.6 Å². The van der Waals surface area contributed by atoms with Gasteiger partial charge in [-0.2, -0.15) is 0 Å². The summed E-state index contributed by atoms with van der Waals surface area (Å²) in [6.07, 6.45) is 11.3. The molecule has 118 valence electrons. The third-order valence-electron chi connectivity index (χ3n) is 7.00. The molecule has 0 aromatic rings. The van der Waals surface area contributed by atoms with E-state index in [-0.39, 0.29) is 17.6 Å². The van der Waals surface area contributed by atoms with Crippen LogP contribution in [0.2, 0.25) is 0 Å². The molecule has 4 bridgehead atoms. The van der Waals surface area contributed by atoms with Crippen molar-refractivity contribution in [2.45, 2.75) is 76.4 Å². The van der Waals surface area contributed by atoms with Crippen LogP contribution < -0.4 is 0 Å². The zero-order valence-corrected chi connectivity index (χ0v) is 13.3. The number of carbonyl (C=O) groups is 1. The quantitative estimate of drug-likeness (QED) is 0.849. The summed E-state index contributed by atoms with van der Waals surface area (Å²) < 4.78 is 0. The van der Waals surface area contributed by atoms with Gasteiger partial charge in [0.1, 0.15) is 0 Å². The highest BCUT2D eigenvalue weighted by Crippen LogP contribution is 2.60. The summed E-state index contributed by atoms with van der Waals surface area (Å²) in [5.74, 6) is 2.80. The summed E-state index contributed by atoms with van der Waals surface area (Å²) in [5, 5.41) is 10.3. The van der Waals surface area contributed by atoms with Crippen LogP contribution in [0.15, 0.2) is 0 Å². The maximum Gasteiger partial charge on any atom is 0.228 e. The molecule has 2 unspecified atom stereocenters. The Bertz CT molecular complexity index is 398. The van der Waals surface area contributed by atoms with Crippen molar-refractivity contribution in [3.63, 3.8) is 0 Å². The Balaban J connectivity index is 1.54. The van der Waals surface area contributed by atoms with E-state index < -0.39 is 0 Å². The Hall–Kier alpha value is -0.570. The number of aliphatic hydroxyl groups is 1. The van der Waals surface area contributed by atoms with Gasteiger partial charge in [-0.15, -0.1) is 0 Å². The van der Waals surface area contributed by atoms with E-state index in [1.807, 2.05) is 11.9 Å². The second kappa shape index (κ2) is 4.97. The second-order valence-electron chi connectivity index (χ2n) is 8.53. The molecular weight excluding hydrogens is 262 g/mol. The number of amides is 1. The highest BCUT2D eigenvalue weighted by molar-refractivity contribution is 5.83. The standard InChI is InChI=1S/C18H29NO2/c1-19(15-4-2-3-5-16(15)20)17(21)18-9-12-6-13(10-18)8-14(7-12)11-18/h12-16,20H,2-11H2,1H3. The lowest BCUT2D eigenvalue weighted by molar-refractivity contribution is -0.161. The van der Waals surface area contributed by atoms with Crippen LogP contribution in [0.1, 0.15) is 64.2 Å². The lowest BCUT2D eigenvalue weighted by Gasteiger charge is -2.57. The normalized spacial score (nSPS) is 48.4. The van der Waals surface area contributed by atoms with Crippen LogP contribution in [-0.2, 0) is 4.79 Å². The lowest BCUT2D eigenvalue weighted by atomic mass is 9.49. The molecule has 1 amide bonds. The van der Waals surface area contributed by atoms with Gasteiger partial charge in [0.2, 0.25) is 5.91 Å². The topological polar surface area (TPSA) is 40.5 Å². The third-order valence-corrected chi connectivity index (χ3v) is 7.00. The molecule has 0 saturated heterocycles. The van der Waals surface area contributed by atoms with Crippen molar-refractivity contribution in [2.24, 2.45) is 23.2 Å². The highest BCUT2D eigenvalue weighted by Gasteiger charge is 2.55. The summed E-state index contributed by atoms with van der Waals surface area (Å²) in [6, 6.07) is 0.0688. The van der Waals surface area contributed by atoms with Crippen molar-refractivity contribution in [1.82, 2.24) is 4.90 Å². The fourth-order valence-electron chi connectivity index (χ4n) is 6.44. The number of likely N-dealkylation sites (N-methyl/N-ethyl adjacent to an activating group) is 1. The Morgan fingerprint density at radius 1 is 1.00 bits per heavy atom. The zero-order chi connectivity index (χ0) is 14.6. The number of carbonyl (C=O) groups excluding carboxylic acids is 1. The smallest absolute Gasteiger partial charge is 0.228 e. The molecule has 0 aliphatic heterocycles. The van der Waals surface area contributed by atoms with Crippen LogP contribution in [0.3, 0.4) is 0 Å². The molecule has 21 heavy (non-hydrogen) atoms. The Morgan fingerprint density at radius 2 is 1.52 bits per heavy atom. The van der Waals surface area contributed by atoms with E-state index in [1.54, 1.807) is 0 Å². The minimum Gasteiger partial charge on any atom is -0.391 e. The Morgan fingerprint density at radius 3 is 2.05 bits per heavy atom. The molecule has 5 fully saturated rings. The van der Waals surface area contributed by atoms with Crippen LogP contribution in [0.5, 0.6) is 0 Å². The van der Waals surface area contributed by atoms with Gasteiger partial charge < -0.3 is 10.0 Å². The monoisotopic (exact) mass is 291 g/mol. The number of rotatable bonds is 2. The average molecular weight is 291 g/mol. The first-order valence-electron chi connectivity index (χ1n) is 9.03. The zero-order valence-electron chi connectivity index (χ0n) is 13.3. The first-order chi connectivity index (χ1) is 10.1. The molecule has 3 nitrogen and oxygen atoms in total. The molecule has 0 spiro atoms. The summed E-state index contributed by atoms with van der Waals surface area (Å²) in [4.78, 5) is 15.2. The molecule has 3 heteroatoms. The average Bonchev–Trinajstić information content (AvgIpc) is 2.45. The van der Waals surface area contributed by atoms with E-state index in [0.717, 1.165) is 62.7 Å². The van der Waals surface area contributed by atoms with E-state index in [4.69, 9.17) is 0 Å². The fourth-order valence-corrected chi connectivity index (χ4v) is 6.44. The molecule has 0 aromatic heterocycles. The molecule has 5 saturated carbocycles. The van der Waals surface area contributed by atoms with E-state index in [1.165, 1.54) is 19.3 Å². The van der Waals surface area contributed by atoms with Gasteiger partial charge in [-0.3, -0.25) is 4.79 Å². The Kier molecular flexibility index (Phi) is 3.33. The molecule has 2 atom stereocenters. The minimum absolute atomic E-state index is 0.0549. The maximum absolute atomic E-state index is 13.3. The van der Waals surface area contributed by atoms with Crippen LogP contribution >= 0.6 is 0 Å². The van der Waals surface area contributed by atoms with Gasteiger partial charge >= 0.3 is 0 Å². The van der Waals surface area contributed by atoms with Crippen molar-refractivity contribution >= 4 is 5.91 Å². The van der Waals surface area contributed by atoms with E-state index >= 15 is 0 Å². The summed E-state index contributed by atoms with van der Waals surface area (Å²) in [5.41, 5.74) is -0.0549. The number of aliphatic hydroxyl groups excluding tert-OH is 1. The van der Waals surface area contributed by atoms with E-state index in [2.05, 4.69) is 0 Å². The van der Waals surface area contributed by atoms with Crippen LogP contribution in [0.25, 0.3) is 0 Å². The second-order valence-corrected chi connectivity index (χ2v) is 8.53. The fraction of sp³-hybridized carbons (Fsp3) is 0.944. The van der Waals surface area contributed by atoms with E-state index in [0.29, 0.717) is 5.91 Å². The molecule has 5 aliphatic rings. The van der Waals surface area contributed by atoms with Crippen molar-refractivity contribution in [3.8, 4) is 0 Å². The molecular formula is C18H29NO2. The van der Waals surface area contributed by atoms with E-state index in [9.17, 15) is 9.90 Å². The molecule has 0 radical (unpaired) electrons. The number of hydrogen-bond donors (Lipinski definition) is 1. The van der Waals surface area contributed by atoms with Gasteiger partial charge in [-0.1, -0.05) is 12.8 Å². The lowest BCUT2D eigenvalue weighted by Crippen LogP contribution is -2.57. The molecule has 0 heterocycles. The van der Waals surface area contributed by atoms with Gasteiger partial charge in [0.25, 0.3) is 0 Å². The van der Waals surface area contributed by atoms with Crippen molar-refractivity contribution in [1.29, 1.82) is 0 Å². The van der Waals surface area contributed by atoms with Crippen molar-refractivity contribution in [3.05, 3.63) is 0 Å². The molecule has 1 N–H and O–H groups in total. The highest BCUT2D eigenvalue weighted by atomic mass is 16.3. The van der Waals surface area contributed by atoms with Gasteiger partial charge in [0, 0.05) is 7.05 Å². The predicted octanol–water partition coefficient (Wildman–Crippen LogP) is 2.96. The van der Waals surface area contributed by atoms with Gasteiger partial charge in [-0.25, -0.2) is 0 Å². The largest absolute Gasteiger partial charge is 0.391 e. The van der Waals surface area contributed by atoms with Gasteiger partial charge in [-0.05, 0) is 69.1 Å². The summed E-state index contributed by atoms with van der Waals surface area (Å²) >= 11 is 0. The van der Waals surface area contributed by atoms with Crippen LogP contribution in [-0.4, -0.2) is 35.1 Å². The minimum atomic E-state index is -0.304. The summed E-state index contributed by atoms with van der Waals surface area (Å²) in [6.45, 7) is 0.